The van der Waals surface area contributed by atoms with Gasteiger partial charge in [0.2, 0.25) is 5.91 Å². The lowest BCUT2D eigenvalue weighted by Crippen LogP contribution is -2.32. The van der Waals surface area contributed by atoms with Crippen LogP contribution in [-0.2, 0) is 11.2 Å². The highest BCUT2D eigenvalue weighted by Gasteiger charge is 2.21. The molecule has 0 saturated heterocycles. The highest BCUT2D eigenvalue weighted by Crippen LogP contribution is 2.25. The SMILES string of the molecule is CC(C)C(NC(=O)c1ccc2c(c1)CCC(=O)N2)c1ccccc1. The topological polar surface area (TPSA) is 58.2 Å². The van der Waals surface area contributed by atoms with E-state index >= 15 is 0 Å². The second-order valence-corrected chi connectivity index (χ2v) is 6.53. The Kier molecular flexibility index (Phi) is 4.65. The molecule has 1 aliphatic rings. The molecule has 2 amide bonds. The van der Waals surface area contributed by atoms with Gasteiger partial charge in [-0.3, -0.25) is 9.59 Å². The van der Waals surface area contributed by atoms with Gasteiger partial charge in [-0.1, -0.05) is 44.2 Å². The first-order valence-electron chi connectivity index (χ1n) is 8.33. The maximum Gasteiger partial charge on any atom is 0.251 e. The molecular weight excluding hydrogens is 300 g/mol. The molecule has 1 unspecified atom stereocenters. The number of anilines is 1. The van der Waals surface area contributed by atoms with Crippen LogP contribution in [0, 0.1) is 5.92 Å². The van der Waals surface area contributed by atoms with Gasteiger partial charge < -0.3 is 10.6 Å². The zero-order chi connectivity index (χ0) is 17.1. The monoisotopic (exact) mass is 322 g/mol. The number of nitrogens with one attached hydrogen (secondary N) is 2. The lowest BCUT2D eigenvalue weighted by atomic mass is 9.95. The summed E-state index contributed by atoms with van der Waals surface area (Å²) in [5.41, 5.74) is 3.56. The lowest BCUT2D eigenvalue weighted by Gasteiger charge is -2.23. The molecule has 2 N–H and O–H groups in total. The van der Waals surface area contributed by atoms with Crippen molar-refractivity contribution in [3.05, 3.63) is 65.2 Å². The second kappa shape index (κ2) is 6.87. The number of rotatable bonds is 4. The summed E-state index contributed by atoms with van der Waals surface area (Å²) in [6.45, 7) is 4.20. The van der Waals surface area contributed by atoms with Crippen LogP contribution in [0.3, 0.4) is 0 Å². The van der Waals surface area contributed by atoms with Crippen molar-refractivity contribution in [2.75, 3.05) is 5.32 Å². The van der Waals surface area contributed by atoms with Crippen LogP contribution < -0.4 is 10.6 Å². The van der Waals surface area contributed by atoms with Crippen LogP contribution in [0.25, 0.3) is 0 Å². The maximum atomic E-state index is 12.7. The Balaban J connectivity index is 1.80. The molecule has 0 spiro atoms. The quantitative estimate of drug-likeness (QED) is 0.902. The van der Waals surface area contributed by atoms with Crippen molar-refractivity contribution < 1.29 is 9.59 Å². The van der Waals surface area contributed by atoms with E-state index < -0.39 is 0 Å². The Bertz CT molecular complexity index is 753. The van der Waals surface area contributed by atoms with Gasteiger partial charge in [0, 0.05) is 17.7 Å². The molecule has 1 heterocycles. The molecule has 1 atom stereocenters. The van der Waals surface area contributed by atoms with E-state index in [1.54, 1.807) is 6.07 Å². The third-order valence-corrected chi connectivity index (χ3v) is 4.37. The van der Waals surface area contributed by atoms with Crippen molar-refractivity contribution in [3.63, 3.8) is 0 Å². The average molecular weight is 322 g/mol. The summed E-state index contributed by atoms with van der Waals surface area (Å²) in [6, 6.07) is 15.4. The summed E-state index contributed by atoms with van der Waals surface area (Å²) in [6.07, 6.45) is 1.14. The van der Waals surface area contributed by atoms with Gasteiger partial charge in [0.25, 0.3) is 5.91 Å². The summed E-state index contributed by atoms with van der Waals surface area (Å²) in [5.74, 6) is 0.231. The van der Waals surface area contributed by atoms with Gasteiger partial charge in [0.05, 0.1) is 6.04 Å². The Labute approximate surface area is 142 Å². The van der Waals surface area contributed by atoms with Gasteiger partial charge in [-0.15, -0.1) is 0 Å². The van der Waals surface area contributed by atoms with Crippen molar-refractivity contribution in [1.29, 1.82) is 0 Å². The van der Waals surface area contributed by atoms with E-state index in [0.717, 1.165) is 16.8 Å². The molecular formula is C20H22N2O2. The fourth-order valence-corrected chi connectivity index (χ4v) is 3.04. The predicted molar refractivity (Wildman–Crippen MR) is 94.9 cm³/mol. The zero-order valence-electron chi connectivity index (χ0n) is 14.0. The molecule has 4 heteroatoms. The van der Waals surface area contributed by atoms with Gasteiger partial charge >= 0.3 is 0 Å². The molecule has 124 valence electrons. The van der Waals surface area contributed by atoms with E-state index in [1.807, 2.05) is 42.5 Å². The van der Waals surface area contributed by atoms with E-state index in [0.29, 0.717) is 18.4 Å². The minimum absolute atomic E-state index is 0.0312. The molecule has 4 nitrogen and oxygen atoms in total. The minimum Gasteiger partial charge on any atom is -0.345 e. The highest BCUT2D eigenvalue weighted by atomic mass is 16.2. The summed E-state index contributed by atoms with van der Waals surface area (Å²) >= 11 is 0. The number of aryl methyl sites for hydroxylation is 1. The van der Waals surface area contributed by atoms with E-state index in [4.69, 9.17) is 0 Å². The Morgan fingerprint density at radius 1 is 1.08 bits per heavy atom. The van der Waals surface area contributed by atoms with Crippen molar-refractivity contribution >= 4 is 17.5 Å². The number of benzene rings is 2. The number of carbonyl (C=O) groups is 2. The largest absolute Gasteiger partial charge is 0.345 e. The van der Waals surface area contributed by atoms with Crippen molar-refractivity contribution in [3.8, 4) is 0 Å². The number of carbonyl (C=O) groups excluding carboxylic acids is 2. The van der Waals surface area contributed by atoms with Crippen molar-refractivity contribution in [1.82, 2.24) is 5.32 Å². The summed E-state index contributed by atoms with van der Waals surface area (Å²) in [5, 5.41) is 5.98. The Morgan fingerprint density at radius 2 is 1.83 bits per heavy atom. The first-order chi connectivity index (χ1) is 11.5. The van der Waals surface area contributed by atoms with Crippen molar-refractivity contribution in [2.45, 2.75) is 32.7 Å². The highest BCUT2D eigenvalue weighted by molar-refractivity contribution is 5.98. The first-order valence-corrected chi connectivity index (χ1v) is 8.33. The van der Waals surface area contributed by atoms with Gasteiger partial charge in [-0.2, -0.15) is 0 Å². The zero-order valence-corrected chi connectivity index (χ0v) is 14.0. The standard InChI is InChI=1S/C20H22N2O2/c1-13(2)19(14-6-4-3-5-7-14)22-20(24)16-8-10-17-15(12-16)9-11-18(23)21-17/h3-8,10,12-13,19H,9,11H2,1-2H3,(H,21,23)(H,22,24). The van der Waals surface area contributed by atoms with Crippen LogP contribution in [0.2, 0.25) is 0 Å². The molecule has 3 rings (SSSR count). The third kappa shape index (κ3) is 3.48. The van der Waals surface area contributed by atoms with E-state index in [1.165, 1.54) is 0 Å². The fraction of sp³-hybridized carbons (Fsp3) is 0.300. The Hall–Kier alpha value is -2.62. The van der Waals surface area contributed by atoms with Crippen molar-refractivity contribution in [2.24, 2.45) is 5.92 Å². The number of hydrogen-bond donors (Lipinski definition) is 2. The van der Waals surface area contributed by atoms with Crippen LogP contribution in [0.4, 0.5) is 5.69 Å². The summed E-state index contributed by atoms with van der Waals surface area (Å²) in [7, 11) is 0. The summed E-state index contributed by atoms with van der Waals surface area (Å²) in [4.78, 5) is 24.1. The van der Waals surface area contributed by atoms with Gasteiger partial charge in [0.15, 0.2) is 0 Å². The van der Waals surface area contributed by atoms with Gasteiger partial charge in [-0.25, -0.2) is 0 Å². The average Bonchev–Trinajstić information content (AvgIpc) is 2.59. The normalized spacial score (nSPS) is 14.7. The van der Waals surface area contributed by atoms with Crippen LogP contribution in [0.1, 0.15) is 47.8 Å². The van der Waals surface area contributed by atoms with Crippen LogP contribution in [-0.4, -0.2) is 11.8 Å². The molecule has 24 heavy (non-hydrogen) atoms. The molecule has 0 bridgehead atoms. The van der Waals surface area contributed by atoms with Crippen LogP contribution in [0.15, 0.2) is 48.5 Å². The van der Waals surface area contributed by atoms with Gasteiger partial charge in [0.1, 0.15) is 0 Å². The number of fused-ring (bicyclic) bond motifs is 1. The molecule has 0 saturated carbocycles. The second-order valence-electron chi connectivity index (χ2n) is 6.53. The molecule has 1 aliphatic heterocycles. The van der Waals surface area contributed by atoms with Crippen LogP contribution in [0.5, 0.6) is 0 Å². The van der Waals surface area contributed by atoms with Crippen LogP contribution >= 0.6 is 0 Å². The molecule has 0 radical (unpaired) electrons. The fourth-order valence-electron chi connectivity index (χ4n) is 3.04. The van der Waals surface area contributed by atoms with E-state index in [-0.39, 0.29) is 23.8 Å². The first kappa shape index (κ1) is 16.2. The molecule has 2 aromatic rings. The molecule has 2 aromatic carbocycles. The minimum atomic E-state index is -0.0859. The van der Waals surface area contributed by atoms with Gasteiger partial charge in [-0.05, 0) is 41.7 Å². The number of hydrogen-bond acceptors (Lipinski definition) is 2. The number of amides is 2. The van der Waals surface area contributed by atoms with E-state index in [2.05, 4.69) is 24.5 Å². The predicted octanol–water partition coefficient (Wildman–Crippen LogP) is 3.70. The van der Waals surface area contributed by atoms with E-state index in [9.17, 15) is 9.59 Å². The molecule has 0 fully saturated rings. The lowest BCUT2D eigenvalue weighted by molar-refractivity contribution is -0.116. The summed E-state index contributed by atoms with van der Waals surface area (Å²) < 4.78 is 0. The maximum absolute atomic E-state index is 12.7. The smallest absolute Gasteiger partial charge is 0.251 e. The Morgan fingerprint density at radius 3 is 2.54 bits per heavy atom. The third-order valence-electron chi connectivity index (χ3n) is 4.37. The molecule has 0 aromatic heterocycles. The molecule has 0 aliphatic carbocycles.